The molecule has 1 N–H and O–H groups in total. The van der Waals surface area contributed by atoms with E-state index in [0.29, 0.717) is 0 Å². The van der Waals surface area contributed by atoms with E-state index in [1.807, 2.05) is 6.07 Å². The predicted molar refractivity (Wildman–Crippen MR) is 88.1 cm³/mol. The molecule has 2 aromatic carbocycles. The van der Waals surface area contributed by atoms with Gasteiger partial charge in [-0.25, -0.2) is 0 Å². The summed E-state index contributed by atoms with van der Waals surface area (Å²) in [5.41, 5.74) is 7.22. The quantitative estimate of drug-likeness (QED) is 0.560. The molecule has 106 valence electrons. The smallest absolute Gasteiger partial charge is 0.0601 e. The average molecular weight is 268 g/mol. The Balaban J connectivity index is 2.14. The van der Waals surface area contributed by atoms with Gasteiger partial charge in [0.05, 0.1) is 11.4 Å². The van der Waals surface area contributed by atoms with Crippen molar-refractivity contribution >= 4 is 11.4 Å². The van der Waals surface area contributed by atoms with Crippen molar-refractivity contribution in [3.63, 3.8) is 0 Å². The fraction of sp³-hybridized carbons (Fsp3) is 0.333. The minimum absolute atomic E-state index is 1.02. The third-order valence-electron chi connectivity index (χ3n) is 3.43. The molecule has 0 aliphatic heterocycles. The zero-order chi connectivity index (χ0) is 14.2. The van der Waals surface area contributed by atoms with Gasteiger partial charge in [0.25, 0.3) is 0 Å². The number of rotatable bonds is 7. The van der Waals surface area contributed by atoms with Gasteiger partial charge in [-0.1, -0.05) is 56.2 Å². The van der Waals surface area contributed by atoms with Crippen LogP contribution >= 0.6 is 0 Å². The van der Waals surface area contributed by atoms with E-state index in [1.165, 1.54) is 30.5 Å². The fourth-order valence-electron chi connectivity index (χ4n) is 2.29. The second kappa shape index (κ2) is 7.59. The molecule has 2 heteroatoms. The van der Waals surface area contributed by atoms with E-state index < -0.39 is 0 Å². The molecule has 0 fully saturated rings. The van der Waals surface area contributed by atoms with Crippen LogP contribution in [-0.2, 0) is 0 Å². The summed E-state index contributed by atoms with van der Waals surface area (Å²) in [5.74, 6) is 0. The molecule has 0 spiro atoms. The van der Waals surface area contributed by atoms with Crippen molar-refractivity contribution in [1.82, 2.24) is 0 Å². The lowest BCUT2D eigenvalue weighted by molar-refractivity contribution is 0.701. The van der Waals surface area contributed by atoms with Crippen molar-refractivity contribution < 1.29 is 0 Å². The summed E-state index contributed by atoms with van der Waals surface area (Å²) in [5, 5.41) is 2.26. The second-order valence-corrected chi connectivity index (χ2v) is 5.12. The number of hydrazine groups is 1. The molecule has 0 amide bonds. The molecule has 0 radical (unpaired) electrons. The van der Waals surface area contributed by atoms with Gasteiger partial charge in [0, 0.05) is 6.54 Å². The van der Waals surface area contributed by atoms with Crippen LogP contribution in [0.2, 0.25) is 0 Å². The van der Waals surface area contributed by atoms with Gasteiger partial charge < -0.3 is 0 Å². The average Bonchev–Trinajstić information content (AvgIpc) is 2.48. The Hall–Kier alpha value is -1.96. The SMILES string of the molecule is CCCCCN(Nc1ccccc1)c1ccccc1C. The lowest BCUT2D eigenvalue weighted by atomic mass is 10.2. The standard InChI is InChI=1S/C18H24N2/c1-3-4-10-15-20(18-14-9-8-11-16(18)2)19-17-12-6-5-7-13-17/h5-9,11-14,19H,3-4,10,15H2,1-2H3. The largest absolute Gasteiger partial charge is 0.298 e. The lowest BCUT2D eigenvalue weighted by Gasteiger charge is -2.28. The first-order valence-corrected chi connectivity index (χ1v) is 7.46. The number of nitrogens with one attached hydrogen (secondary N) is 1. The van der Waals surface area contributed by atoms with Crippen LogP contribution in [0.25, 0.3) is 0 Å². The molecule has 0 heterocycles. The van der Waals surface area contributed by atoms with Crippen molar-refractivity contribution in [2.24, 2.45) is 0 Å². The number of anilines is 2. The van der Waals surface area contributed by atoms with Gasteiger partial charge in [0.1, 0.15) is 0 Å². The summed E-state index contributed by atoms with van der Waals surface area (Å²) < 4.78 is 0. The Morgan fingerprint density at radius 1 is 0.900 bits per heavy atom. The summed E-state index contributed by atoms with van der Waals surface area (Å²) >= 11 is 0. The summed E-state index contributed by atoms with van der Waals surface area (Å²) in [4.78, 5) is 0. The molecule has 0 saturated heterocycles. The van der Waals surface area contributed by atoms with E-state index in [-0.39, 0.29) is 0 Å². The molecule has 0 aliphatic carbocycles. The van der Waals surface area contributed by atoms with Crippen LogP contribution in [0.5, 0.6) is 0 Å². The molecular weight excluding hydrogens is 244 g/mol. The minimum Gasteiger partial charge on any atom is -0.298 e. The van der Waals surface area contributed by atoms with Gasteiger partial charge in [-0.2, -0.15) is 0 Å². The van der Waals surface area contributed by atoms with Crippen LogP contribution in [0.15, 0.2) is 54.6 Å². The Labute approximate surface area is 122 Å². The maximum Gasteiger partial charge on any atom is 0.0601 e. The highest BCUT2D eigenvalue weighted by Crippen LogP contribution is 2.21. The van der Waals surface area contributed by atoms with Gasteiger partial charge in [-0.05, 0) is 37.1 Å². The summed E-state index contributed by atoms with van der Waals surface area (Å²) in [6, 6.07) is 18.9. The highest BCUT2D eigenvalue weighted by Gasteiger charge is 2.08. The van der Waals surface area contributed by atoms with E-state index in [9.17, 15) is 0 Å². The van der Waals surface area contributed by atoms with Crippen LogP contribution in [0.1, 0.15) is 31.7 Å². The van der Waals surface area contributed by atoms with Crippen molar-refractivity contribution in [2.75, 3.05) is 17.0 Å². The van der Waals surface area contributed by atoms with Crippen LogP contribution in [-0.4, -0.2) is 6.54 Å². The first kappa shape index (κ1) is 14.4. The zero-order valence-electron chi connectivity index (χ0n) is 12.5. The van der Waals surface area contributed by atoms with Crippen LogP contribution in [0.3, 0.4) is 0 Å². The van der Waals surface area contributed by atoms with E-state index in [0.717, 1.165) is 12.2 Å². The molecule has 0 aromatic heterocycles. The zero-order valence-corrected chi connectivity index (χ0v) is 12.5. The van der Waals surface area contributed by atoms with Gasteiger partial charge >= 0.3 is 0 Å². The maximum absolute atomic E-state index is 3.53. The Bertz CT molecular complexity index is 508. The first-order valence-electron chi connectivity index (χ1n) is 7.46. The Morgan fingerprint density at radius 3 is 2.30 bits per heavy atom. The normalized spacial score (nSPS) is 10.3. The highest BCUT2D eigenvalue weighted by atomic mass is 15.5. The van der Waals surface area contributed by atoms with Crippen LogP contribution in [0, 0.1) is 6.92 Å². The maximum atomic E-state index is 3.53. The predicted octanol–water partition coefficient (Wildman–Crippen LogP) is 5.02. The van der Waals surface area contributed by atoms with E-state index in [4.69, 9.17) is 0 Å². The second-order valence-electron chi connectivity index (χ2n) is 5.12. The molecule has 2 nitrogen and oxygen atoms in total. The van der Waals surface area contributed by atoms with E-state index in [2.05, 4.69) is 72.8 Å². The lowest BCUT2D eigenvalue weighted by Crippen LogP contribution is -2.31. The number of benzene rings is 2. The molecule has 0 bridgehead atoms. The van der Waals surface area contributed by atoms with Gasteiger partial charge in [0.2, 0.25) is 0 Å². The van der Waals surface area contributed by atoms with E-state index >= 15 is 0 Å². The molecule has 0 saturated carbocycles. The third-order valence-corrected chi connectivity index (χ3v) is 3.43. The van der Waals surface area contributed by atoms with Gasteiger partial charge in [-0.15, -0.1) is 0 Å². The number of hydrogen-bond donors (Lipinski definition) is 1. The van der Waals surface area contributed by atoms with Gasteiger partial charge in [0.15, 0.2) is 0 Å². The molecular formula is C18H24N2. The van der Waals surface area contributed by atoms with Crippen LogP contribution < -0.4 is 10.4 Å². The number of hydrogen-bond acceptors (Lipinski definition) is 2. The Morgan fingerprint density at radius 2 is 1.60 bits per heavy atom. The van der Waals surface area contributed by atoms with Crippen molar-refractivity contribution in [3.05, 3.63) is 60.2 Å². The van der Waals surface area contributed by atoms with Crippen LogP contribution in [0.4, 0.5) is 11.4 Å². The van der Waals surface area contributed by atoms with Crippen molar-refractivity contribution in [1.29, 1.82) is 0 Å². The first-order chi connectivity index (χ1) is 9.81. The molecule has 0 aliphatic rings. The Kier molecular flexibility index (Phi) is 5.48. The van der Waals surface area contributed by atoms with Crippen molar-refractivity contribution in [2.45, 2.75) is 33.1 Å². The topological polar surface area (TPSA) is 15.3 Å². The highest BCUT2D eigenvalue weighted by molar-refractivity contribution is 5.58. The molecule has 20 heavy (non-hydrogen) atoms. The monoisotopic (exact) mass is 268 g/mol. The van der Waals surface area contributed by atoms with Gasteiger partial charge in [-0.3, -0.25) is 10.4 Å². The van der Waals surface area contributed by atoms with E-state index in [1.54, 1.807) is 0 Å². The number of unbranched alkanes of at least 4 members (excludes halogenated alkanes) is 2. The minimum atomic E-state index is 1.02. The molecule has 0 atom stereocenters. The number of nitrogens with zero attached hydrogens (tertiary/aromatic N) is 1. The number of para-hydroxylation sites is 2. The summed E-state index contributed by atoms with van der Waals surface area (Å²) in [6.07, 6.45) is 3.70. The number of aryl methyl sites for hydroxylation is 1. The summed E-state index contributed by atoms with van der Waals surface area (Å²) in [6.45, 7) is 5.42. The third kappa shape index (κ3) is 4.02. The van der Waals surface area contributed by atoms with Crippen molar-refractivity contribution in [3.8, 4) is 0 Å². The molecule has 2 rings (SSSR count). The fourth-order valence-corrected chi connectivity index (χ4v) is 2.29. The molecule has 2 aromatic rings. The summed E-state index contributed by atoms with van der Waals surface area (Å²) in [7, 11) is 0. The molecule has 0 unspecified atom stereocenters.